The molecule has 0 bridgehead atoms. The predicted molar refractivity (Wildman–Crippen MR) is 57.6 cm³/mol. The number of carbonyl (C=O) groups is 1. The van der Waals surface area contributed by atoms with Crippen LogP contribution in [0.1, 0.15) is 9.67 Å². The highest BCUT2D eigenvalue weighted by Crippen LogP contribution is 2.33. The smallest absolute Gasteiger partial charge is 0.348 e. The van der Waals surface area contributed by atoms with E-state index >= 15 is 0 Å². The molecule has 0 radical (unpaired) electrons. The van der Waals surface area contributed by atoms with Crippen molar-refractivity contribution in [2.24, 2.45) is 0 Å². The highest BCUT2D eigenvalue weighted by atomic mass is 32.1. The summed E-state index contributed by atoms with van der Waals surface area (Å²) in [4.78, 5) is 24.8. The molecule has 82 valence electrons. The number of carboxylic acid groups (broad SMARTS) is 1. The van der Waals surface area contributed by atoms with E-state index in [9.17, 15) is 14.9 Å². The Balaban J connectivity index is 2.73. The number of hydrogen-bond donors (Lipinski definition) is 2. The minimum atomic E-state index is -1.16. The van der Waals surface area contributed by atoms with Gasteiger partial charge in [0.05, 0.1) is 10.6 Å². The summed E-state index contributed by atoms with van der Waals surface area (Å²) in [6.07, 6.45) is 1.07. The Bertz CT molecular complexity index is 607. The number of fused-ring (bicyclic) bond motifs is 1. The van der Waals surface area contributed by atoms with Crippen molar-refractivity contribution in [3.63, 3.8) is 0 Å². The highest BCUT2D eigenvalue weighted by molar-refractivity contribution is 7.21. The largest absolute Gasteiger partial charge is 0.477 e. The number of nitrogens with zero attached hydrogens (tertiary/aromatic N) is 2. The molecule has 0 fully saturated rings. The molecule has 2 rings (SSSR count). The van der Waals surface area contributed by atoms with Gasteiger partial charge < -0.3 is 10.8 Å². The van der Waals surface area contributed by atoms with Crippen LogP contribution in [0.4, 0.5) is 11.4 Å². The maximum Gasteiger partial charge on any atom is 0.348 e. The number of carboxylic acids is 1. The van der Waals surface area contributed by atoms with E-state index in [-0.39, 0.29) is 16.3 Å². The van der Waals surface area contributed by atoms with Crippen LogP contribution in [0.5, 0.6) is 0 Å². The molecule has 0 saturated heterocycles. The molecular weight excluding hydrogens is 234 g/mol. The van der Waals surface area contributed by atoms with Gasteiger partial charge in [0.25, 0.3) is 5.69 Å². The Kier molecular flexibility index (Phi) is 2.20. The van der Waals surface area contributed by atoms with Gasteiger partial charge in [-0.05, 0) is 0 Å². The van der Waals surface area contributed by atoms with Gasteiger partial charge in [0.15, 0.2) is 0 Å². The molecule has 2 aromatic heterocycles. The quantitative estimate of drug-likeness (QED) is 0.605. The first-order valence-electron chi connectivity index (χ1n) is 4.06. The molecule has 2 heterocycles. The van der Waals surface area contributed by atoms with Crippen LogP contribution in [-0.2, 0) is 0 Å². The summed E-state index contributed by atoms with van der Waals surface area (Å²) in [6, 6.07) is 1.22. The topological polar surface area (TPSA) is 119 Å². The van der Waals surface area contributed by atoms with E-state index in [1.165, 1.54) is 6.07 Å². The van der Waals surface area contributed by atoms with Crippen molar-refractivity contribution in [2.75, 3.05) is 5.73 Å². The maximum absolute atomic E-state index is 10.8. The van der Waals surface area contributed by atoms with Crippen LogP contribution in [0, 0.1) is 10.1 Å². The zero-order chi connectivity index (χ0) is 11.9. The third kappa shape index (κ3) is 1.44. The summed E-state index contributed by atoms with van der Waals surface area (Å²) in [5, 5.41) is 19.6. The zero-order valence-corrected chi connectivity index (χ0v) is 8.52. The number of nitrogen functional groups attached to an aromatic ring is 1. The lowest BCUT2D eigenvalue weighted by molar-refractivity contribution is -0.385. The molecule has 3 N–H and O–H groups in total. The van der Waals surface area contributed by atoms with Gasteiger partial charge in [-0.1, -0.05) is 0 Å². The van der Waals surface area contributed by atoms with Crippen LogP contribution in [0.3, 0.4) is 0 Å². The average Bonchev–Trinajstić information content (AvgIpc) is 2.56. The maximum atomic E-state index is 10.8. The standard InChI is InChI=1S/C8H5N3O4S/c9-5-4-1-3(11(14)15)2-10-7(4)16-6(5)8(12)13/h1-2H,9H2,(H,12,13). The first kappa shape index (κ1) is 10.3. The zero-order valence-electron chi connectivity index (χ0n) is 7.71. The minimum absolute atomic E-state index is 0.0173. The van der Waals surface area contributed by atoms with Crippen molar-refractivity contribution in [3.05, 3.63) is 27.3 Å². The molecule has 0 atom stereocenters. The molecule has 0 aliphatic rings. The van der Waals surface area contributed by atoms with Gasteiger partial charge in [0, 0.05) is 11.5 Å². The number of thiophene rings is 1. The van der Waals surface area contributed by atoms with Gasteiger partial charge in [-0.2, -0.15) is 0 Å². The molecule has 16 heavy (non-hydrogen) atoms. The normalized spacial score (nSPS) is 10.5. The summed E-state index contributed by atoms with van der Waals surface area (Å²) >= 11 is 0.894. The van der Waals surface area contributed by atoms with Crippen molar-refractivity contribution in [3.8, 4) is 0 Å². The van der Waals surface area contributed by atoms with Gasteiger partial charge >= 0.3 is 5.97 Å². The summed E-state index contributed by atoms with van der Waals surface area (Å²) in [7, 11) is 0. The van der Waals surface area contributed by atoms with Crippen LogP contribution in [-0.4, -0.2) is 21.0 Å². The molecular formula is C8H5N3O4S. The van der Waals surface area contributed by atoms with Crippen molar-refractivity contribution in [2.45, 2.75) is 0 Å². The van der Waals surface area contributed by atoms with Gasteiger partial charge in [0.1, 0.15) is 15.9 Å². The molecule has 8 heteroatoms. The van der Waals surface area contributed by atoms with Gasteiger partial charge in [-0.3, -0.25) is 10.1 Å². The van der Waals surface area contributed by atoms with Gasteiger partial charge in [-0.15, -0.1) is 11.3 Å². The Morgan fingerprint density at radius 3 is 2.88 bits per heavy atom. The lowest BCUT2D eigenvalue weighted by Crippen LogP contribution is -1.97. The number of aromatic carboxylic acids is 1. The third-order valence-electron chi connectivity index (χ3n) is 1.98. The summed E-state index contributed by atoms with van der Waals surface area (Å²) in [6.45, 7) is 0. The lowest BCUT2D eigenvalue weighted by atomic mass is 10.2. The van der Waals surface area contributed by atoms with Gasteiger partial charge in [-0.25, -0.2) is 9.78 Å². The predicted octanol–water partition coefficient (Wildman–Crippen LogP) is 1.48. The van der Waals surface area contributed by atoms with E-state index in [0.717, 1.165) is 17.5 Å². The van der Waals surface area contributed by atoms with E-state index in [0.29, 0.717) is 10.2 Å². The van der Waals surface area contributed by atoms with Crippen molar-refractivity contribution < 1.29 is 14.8 Å². The van der Waals surface area contributed by atoms with Crippen LogP contribution < -0.4 is 5.73 Å². The van der Waals surface area contributed by atoms with Crippen molar-refractivity contribution >= 4 is 38.9 Å². The Morgan fingerprint density at radius 2 is 2.31 bits per heavy atom. The number of nitro groups is 1. The summed E-state index contributed by atoms with van der Waals surface area (Å²) in [5.41, 5.74) is 5.38. The number of aromatic nitrogens is 1. The molecule has 0 amide bonds. The fourth-order valence-corrected chi connectivity index (χ4v) is 2.13. The number of pyridine rings is 1. The Morgan fingerprint density at radius 1 is 1.62 bits per heavy atom. The molecule has 0 aliphatic heterocycles. The van der Waals surface area contributed by atoms with E-state index in [1.807, 2.05) is 0 Å². The molecule has 0 saturated carbocycles. The van der Waals surface area contributed by atoms with Crippen LogP contribution in [0.15, 0.2) is 12.3 Å². The molecule has 0 spiro atoms. The first-order chi connectivity index (χ1) is 7.50. The minimum Gasteiger partial charge on any atom is -0.477 e. The first-order valence-corrected chi connectivity index (χ1v) is 4.88. The second kappa shape index (κ2) is 3.42. The lowest BCUT2D eigenvalue weighted by Gasteiger charge is -1.92. The van der Waals surface area contributed by atoms with Crippen LogP contribution in [0.25, 0.3) is 10.2 Å². The number of hydrogen-bond acceptors (Lipinski definition) is 6. The fraction of sp³-hybridized carbons (Fsp3) is 0. The summed E-state index contributed by atoms with van der Waals surface area (Å²) < 4.78 is 0. The molecule has 0 aromatic carbocycles. The van der Waals surface area contributed by atoms with Crippen molar-refractivity contribution in [1.82, 2.24) is 4.98 Å². The van der Waals surface area contributed by atoms with E-state index < -0.39 is 10.9 Å². The number of anilines is 1. The van der Waals surface area contributed by atoms with E-state index in [2.05, 4.69) is 4.98 Å². The molecule has 0 aliphatic carbocycles. The van der Waals surface area contributed by atoms with E-state index in [1.54, 1.807) is 0 Å². The highest BCUT2D eigenvalue weighted by Gasteiger charge is 2.18. The SMILES string of the molecule is Nc1c(C(=O)O)sc2ncc([N+](=O)[O-])cc12. The van der Waals surface area contributed by atoms with Gasteiger partial charge in [0.2, 0.25) is 0 Å². The van der Waals surface area contributed by atoms with Crippen LogP contribution in [0.2, 0.25) is 0 Å². The fourth-order valence-electron chi connectivity index (χ4n) is 1.25. The average molecular weight is 239 g/mol. The molecule has 0 unspecified atom stereocenters. The molecule has 2 aromatic rings. The Labute approximate surface area is 92.3 Å². The second-order valence-corrected chi connectivity index (χ2v) is 3.95. The van der Waals surface area contributed by atoms with Crippen LogP contribution >= 0.6 is 11.3 Å². The number of rotatable bonds is 2. The number of nitrogens with two attached hydrogens (primary N) is 1. The second-order valence-electron chi connectivity index (χ2n) is 2.95. The molecule has 7 nitrogen and oxygen atoms in total. The summed E-state index contributed by atoms with van der Waals surface area (Å²) in [5.74, 6) is -1.16. The third-order valence-corrected chi connectivity index (χ3v) is 3.09. The monoisotopic (exact) mass is 239 g/mol. The Hall–Kier alpha value is -2.22. The van der Waals surface area contributed by atoms with Crippen molar-refractivity contribution in [1.29, 1.82) is 0 Å². The van der Waals surface area contributed by atoms with E-state index in [4.69, 9.17) is 10.8 Å².